The van der Waals surface area contributed by atoms with E-state index in [1.807, 2.05) is 0 Å². The van der Waals surface area contributed by atoms with E-state index in [2.05, 4.69) is 5.43 Å². The van der Waals surface area contributed by atoms with Gasteiger partial charge in [-0.05, 0) is 11.6 Å². The number of carbonyl (C=O) groups is 2. The van der Waals surface area contributed by atoms with Crippen LogP contribution in [0.15, 0.2) is 24.3 Å². The number of hydrazine groups is 1. The van der Waals surface area contributed by atoms with Crippen LogP contribution in [-0.4, -0.2) is 55.0 Å². The maximum absolute atomic E-state index is 12.4. The van der Waals surface area contributed by atoms with Crippen molar-refractivity contribution in [2.24, 2.45) is 0 Å². The molecule has 2 N–H and O–H groups in total. The Morgan fingerprint density at radius 3 is 2.67 bits per heavy atom. The number of ether oxygens (including phenoxy) is 1. The SMILES string of the molecule is O=C(O)C1CN(C(=O)NN2CCOCC2)c2ccccc21. The number of carboxylic acid groups (broad SMARTS) is 1. The van der Waals surface area contributed by atoms with Crippen LogP contribution in [0.4, 0.5) is 10.5 Å². The van der Waals surface area contributed by atoms with E-state index in [0.29, 0.717) is 37.6 Å². The lowest BCUT2D eigenvalue weighted by atomic mass is 10.0. The molecule has 2 amide bonds. The van der Waals surface area contributed by atoms with E-state index >= 15 is 0 Å². The van der Waals surface area contributed by atoms with Gasteiger partial charge in [-0.25, -0.2) is 9.80 Å². The summed E-state index contributed by atoms with van der Waals surface area (Å²) in [5.41, 5.74) is 4.15. The van der Waals surface area contributed by atoms with Crippen molar-refractivity contribution in [3.05, 3.63) is 29.8 Å². The topological polar surface area (TPSA) is 82.1 Å². The Hall–Kier alpha value is -2.12. The number of nitrogens with one attached hydrogen (secondary N) is 1. The van der Waals surface area contributed by atoms with Gasteiger partial charge in [0.25, 0.3) is 0 Å². The number of para-hydroxylation sites is 1. The molecule has 0 saturated carbocycles. The summed E-state index contributed by atoms with van der Waals surface area (Å²) in [6, 6.07) is 6.83. The molecule has 112 valence electrons. The summed E-state index contributed by atoms with van der Waals surface area (Å²) in [5.74, 6) is -1.58. The number of hydrogen-bond acceptors (Lipinski definition) is 4. The second-order valence-electron chi connectivity index (χ2n) is 5.08. The number of carbonyl (C=O) groups excluding carboxylic acids is 1. The third kappa shape index (κ3) is 2.70. The van der Waals surface area contributed by atoms with Gasteiger partial charge in [-0.3, -0.25) is 15.1 Å². The smallest absolute Gasteiger partial charge is 0.336 e. The molecule has 1 aromatic carbocycles. The summed E-state index contributed by atoms with van der Waals surface area (Å²) < 4.78 is 5.23. The standard InChI is InChI=1S/C14H17N3O4/c18-13(19)11-9-17(12-4-2-1-3-10(11)12)14(20)15-16-5-7-21-8-6-16/h1-4,11H,5-9H2,(H,15,20)(H,18,19). The van der Waals surface area contributed by atoms with Crippen molar-refractivity contribution in [2.75, 3.05) is 37.7 Å². The number of carboxylic acids is 1. The predicted molar refractivity (Wildman–Crippen MR) is 75.1 cm³/mol. The average Bonchev–Trinajstić information content (AvgIpc) is 2.88. The minimum Gasteiger partial charge on any atom is -0.481 e. The highest BCUT2D eigenvalue weighted by atomic mass is 16.5. The van der Waals surface area contributed by atoms with Crippen LogP contribution in [0.25, 0.3) is 0 Å². The van der Waals surface area contributed by atoms with Crippen LogP contribution in [0.2, 0.25) is 0 Å². The molecule has 1 atom stereocenters. The number of rotatable bonds is 2. The molecule has 0 bridgehead atoms. The van der Waals surface area contributed by atoms with Crippen molar-refractivity contribution in [3.63, 3.8) is 0 Å². The van der Waals surface area contributed by atoms with Gasteiger partial charge in [-0.15, -0.1) is 0 Å². The van der Waals surface area contributed by atoms with Crippen LogP contribution in [0, 0.1) is 0 Å². The molecule has 2 aliphatic rings. The molecule has 2 aliphatic heterocycles. The predicted octanol–water partition coefficient (Wildman–Crippen LogP) is 0.632. The number of anilines is 1. The van der Waals surface area contributed by atoms with Crippen molar-refractivity contribution in [3.8, 4) is 0 Å². The minimum atomic E-state index is -0.913. The molecule has 0 aliphatic carbocycles. The van der Waals surface area contributed by atoms with Crippen LogP contribution in [-0.2, 0) is 9.53 Å². The first-order valence-electron chi connectivity index (χ1n) is 6.89. The Balaban J connectivity index is 1.76. The van der Waals surface area contributed by atoms with E-state index in [0.717, 1.165) is 0 Å². The van der Waals surface area contributed by atoms with Gasteiger partial charge < -0.3 is 9.84 Å². The summed E-state index contributed by atoms with van der Waals surface area (Å²) in [6.45, 7) is 2.57. The fourth-order valence-corrected chi connectivity index (χ4v) is 2.68. The monoisotopic (exact) mass is 291 g/mol. The lowest BCUT2D eigenvalue weighted by Gasteiger charge is -2.29. The number of benzene rings is 1. The quantitative estimate of drug-likeness (QED) is 0.835. The Bertz CT molecular complexity index is 557. The first-order chi connectivity index (χ1) is 10.2. The van der Waals surface area contributed by atoms with E-state index in [1.54, 1.807) is 29.3 Å². The number of hydrogen-bond donors (Lipinski definition) is 2. The van der Waals surface area contributed by atoms with Crippen LogP contribution in [0.3, 0.4) is 0 Å². The Kier molecular flexibility index (Phi) is 3.76. The summed E-state index contributed by atoms with van der Waals surface area (Å²) in [6.07, 6.45) is 0. The second kappa shape index (κ2) is 5.71. The normalized spacial score (nSPS) is 21.9. The van der Waals surface area contributed by atoms with Crippen molar-refractivity contribution >= 4 is 17.7 Å². The Morgan fingerprint density at radius 1 is 1.24 bits per heavy atom. The van der Waals surface area contributed by atoms with Crippen molar-refractivity contribution in [1.82, 2.24) is 10.4 Å². The van der Waals surface area contributed by atoms with Gasteiger partial charge in [-0.1, -0.05) is 18.2 Å². The Morgan fingerprint density at radius 2 is 1.95 bits per heavy atom. The van der Waals surface area contributed by atoms with Gasteiger partial charge in [-0.2, -0.15) is 0 Å². The van der Waals surface area contributed by atoms with Crippen LogP contribution >= 0.6 is 0 Å². The zero-order valence-electron chi connectivity index (χ0n) is 11.5. The van der Waals surface area contributed by atoms with Gasteiger partial charge in [0.1, 0.15) is 5.92 Å². The van der Waals surface area contributed by atoms with E-state index in [9.17, 15) is 14.7 Å². The molecule has 1 unspecified atom stereocenters. The molecule has 3 rings (SSSR count). The van der Waals surface area contributed by atoms with Crippen molar-refractivity contribution < 1.29 is 19.4 Å². The summed E-state index contributed by atoms with van der Waals surface area (Å²) in [7, 11) is 0. The number of morpholine rings is 1. The highest BCUT2D eigenvalue weighted by molar-refractivity contribution is 5.97. The fourth-order valence-electron chi connectivity index (χ4n) is 2.68. The maximum Gasteiger partial charge on any atom is 0.336 e. The third-order valence-electron chi connectivity index (χ3n) is 3.78. The van der Waals surface area contributed by atoms with E-state index < -0.39 is 11.9 Å². The molecule has 7 heteroatoms. The zero-order valence-corrected chi connectivity index (χ0v) is 11.5. The van der Waals surface area contributed by atoms with Crippen molar-refractivity contribution in [1.29, 1.82) is 0 Å². The first-order valence-corrected chi connectivity index (χ1v) is 6.89. The number of amides is 2. The molecule has 0 aromatic heterocycles. The van der Waals surface area contributed by atoms with Gasteiger partial charge in [0.2, 0.25) is 0 Å². The molecular formula is C14H17N3O4. The van der Waals surface area contributed by atoms with E-state index in [4.69, 9.17) is 4.74 Å². The average molecular weight is 291 g/mol. The van der Waals surface area contributed by atoms with Crippen LogP contribution < -0.4 is 10.3 Å². The summed E-state index contributed by atoms with van der Waals surface area (Å²) in [5, 5.41) is 11.1. The summed E-state index contributed by atoms with van der Waals surface area (Å²) in [4.78, 5) is 25.2. The fraction of sp³-hybridized carbons (Fsp3) is 0.429. The van der Waals surface area contributed by atoms with Gasteiger partial charge in [0.15, 0.2) is 0 Å². The summed E-state index contributed by atoms with van der Waals surface area (Å²) >= 11 is 0. The third-order valence-corrected chi connectivity index (χ3v) is 3.78. The van der Waals surface area contributed by atoms with Gasteiger partial charge in [0.05, 0.1) is 13.2 Å². The second-order valence-corrected chi connectivity index (χ2v) is 5.08. The largest absolute Gasteiger partial charge is 0.481 e. The van der Waals surface area contributed by atoms with Gasteiger partial charge in [0, 0.05) is 25.3 Å². The highest BCUT2D eigenvalue weighted by Gasteiger charge is 2.36. The van der Waals surface area contributed by atoms with Gasteiger partial charge >= 0.3 is 12.0 Å². The van der Waals surface area contributed by atoms with Crippen molar-refractivity contribution in [2.45, 2.75) is 5.92 Å². The molecule has 2 heterocycles. The number of nitrogens with zero attached hydrogens (tertiary/aromatic N) is 2. The first kappa shape index (κ1) is 13.8. The van der Waals surface area contributed by atoms with E-state index in [1.165, 1.54) is 4.90 Å². The number of urea groups is 1. The zero-order chi connectivity index (χ0) is 14.8. The molecular weight excluding hydrogens is 274 g/mol. The Labute approximate surface area is 122 Å². The number of aliphatic carboxylic acids is 1. The molecule has 0 radical (unpaired) electrons. The molecule has 0 spiro atoms. The van der Waals surface area contributed by atoms with Crippen LogP contribution in [0.1, 0.15) is 11.5 Å². The molecule has 7 nitrogen and oxygen atoms in total. The lowest BCUT2D eigenvalue weighted by molar-refractivity contribution is -0.138. The molecule has 1 saturated heterocycles. The number of fused-ring (bicyclic) bond motifs is 1. The molecule has 1 aromatic rings. The lowest BCUT2D eigenvalue weighted by Crippen LogP contribution is -2.52. The molecule has 21 heavy (non-hydrogen) atoms. The van der Waals surface area contributed by atoms with Crippen LogP contribution in [0.5, 0.6) is 0 Å². The van der Waals surface area contributed by atoms with E-state index in [-0.39, 0.29) is 12.6 Å². The molecule has 1 fully saturated rings. The maximum atomic E-state index is 12.4. The minimum absolute atomic E-state index is 0.158. The highest BCUT2D eigenvalue weighted by Crippen LogP contribution is 2.36.